The van der Waals surface area contributed by atoms with Gasteiger partial charge in [-0.05, 0) is 36.5 Å². The van der Waals surface area contributed by atoms with Gasteiger partial charge in [-0.1, -0.05) is 42.1 Å². The fraction of sp³-hybridized carbons (Fsp3) is 0.500. The maximum Gasteiger partial charge on any atom is 0.0453 e. The van der Waals surface area contributed by atoms with Gasteiger partial charge in [-0.2, -0.15) is 0 Å². The standard InChI is InChI=1S/C12H16Cl2N2/c13-11-2-1-3-12(14)10(11)7-9(16-15)6-8-4-5-8/h1-3,8-9,16H,4-7,15H2. The molecule has 0 radical (unpaired) electrons. The molecule has 0 aromatic heterocycles. The van der Waals surface area contributed by atoms with Gasteiger partial charge in [0.2, 0.25) is 0 Å². The molecule has 2 nitrogen and oxygen atoms in total. The van der Waals surface area contributed by atoms with Crippen LogP contribution in [0.3, 0.4) is 0 Å². The fourth-order valence-corrected chi connectivity index (χ4v) is 2.49. The summed E-state index contributed by atoms with van der Waals surface area (Å²) >= 11 is 12.3. The summed E-state index contributed by atoms with van der Waals surface area (Å²) in [5, 5.41) is 1.45. The van der Waals surface area contributed by atoms with E-state index in [0.717, 1.165) is 34.4 Å². The molecule has 4 heteroatoms. The second kappa shape index (κ2) is 5.37. The van der Waals surface area contributed by atoms with Gasteiger partial charge in [0.15, 0.2) is 0 Å². The summed E-state index contributed by atoms with van der Waals surface area (Å²) in [5.41, 5.74) is 3.85. The van der Waals surface area contributed by atoms with Crippen LogP contribution in [0.2, 0.25) is 10.0 Å². The first-order valence-corrected chi connectivity index (χ1v) is 6.35. The Labute approximate surface area is 106 Å². The highest BCUT2D eigenvalue weighted by molar-refractivity contribution is 6.35. The predicted octanol–water partition coefficient (Wildman–Crippen LogP) is 3.17. The van der Waals surface area contributed by atoms with E-state index in [1.54, 1.807) is 0 Å². The zero-order chi connectivity index (χ0) is 11.5. The molecule has 3 N–H and O–H groups in total. The van der Waals surface area contributed by atoms with Crippen LogP contribution >= 0.6 is 23.2 Å². The molecule has 1 saturated carbocycles. The number of hydrogen-bond donors (Lipinski definition) is 2. The van der Waals surface area contributed by atoms with Crippen LogP contribution in [-0.4, -0.2) is 6.04 Å². The Kier molecular flexibility index (Phi) is 4.09. The molecule has 1 atom stereocenters. The molecule has 0 amide bonds. The van der Waals surface area contributed by atoms with Gasteiger partial charge < -0.3 is 0 Å². The van der Waals surface area contributed by atoms with Crippen LogP contribution in [0.1, 0.15) is 24.8 Å². The van der Waals surface area contributed by atoms with Gasteiger partial charge in [-0.3, -0.25) is 11.3 Å². The Balaban J connectivity index is 2.05. The Morgan fingerprint density at radius 1 is 1.31 bits per heavy atom. The van der Waals surface area contributed by atoms with Crippen molar-refractivity contribution < 1.29 is 0 Å². The van der Waals surface area contributed by atoms with Crippen molar-refractivity contribution in [1.82, 2.24) is 5.43 Å². The largest absolute Gasteiger partial charge is 0.271 e. The Bertz CT molecular complexity index is 344. The average Bonchev–Trinajstić information content (AvgIpc) is 3.06. The minimum atomic E-state index is 0.268. The van der Waals surface area contributed by atoms with Crippen LogP contribution < -0.4 is 11.3 Å². The van der Waals surface area contributed by atoms with Crippen LogP contribution in [0.4, 0.5) is 0 Å². The Morgan fingerprint density at radius 3 is 2.44 bits per heavy atom. The monoisotopic (exact) mass is 258 g/mol. The van der Waals surface area contributed by atoms with Gasteiger partial charge in [0.05, 0.1) is 0 Å². The number of nitrogens with two attached hydrogens (primary N) is 1. The van der Waals surface area contributed by atoms with Crippen LogP contribution in [-0.2, 0) is 6.42 Å². The number of benzene rings is 1. The average molecular weight is 259 g/mol. The third-order valence-electron chi connectivity index (χ3n) is 3.06. The Hall–Kier alpha value is -0.280. The second-order valence-electron chi connectivity index (χ2n) is 4.45. The highest BCUT2D eigenvalue weighted by Gasteiger charge is 2.25. The number of nitrogens with one attached hydrogen (secondary N) is 1. The number of hydrazine groups is 1. The van der Waals surface area contributed by atoms with E-state index in [1.165, 1.54) is 12.8 Å². The van der Waals surface area contributed by atoms with Crippen molar-refractivity contribution in [2.45, 2.75) is 31.7 Å². The maximum atomic E-state index is 6.13. The summed E-state index contributed by atoms with van der Waals surface area (Å²) in [5.74, 6) is 6.40. The Morgan fingerprint density at radius 2 is 1.94 bits per heavy atom. The van der Waals surface area contributed by atoms with Crippen LogP contribution in [0.15, 0.2) is 18.2 Å². The summed E-state index contributed by atoms with van der Waals surface area (Å²) in [7, 11) is 0. The van der Waals surface area contributed by atoms with Gasteiger partial charge in [0.25, 0.3) is 0 Å². The van der Waals surface area contributed by atoms with E-state index in [4.69, 9.17) is 29.0 Å². The molecule has 0 heterocycles. The van der Waals surface area contributed by atoms with E-state index in [2.05, 4.69) is 5.43 Å². The zero-order valence-corrected chi connectivity index (χ0v) is 10.6. The van der Waals surface area contributed by atoms with Crippen molar-refractivity contribution in [3.05, 3.63) is 33.8 Å². The smallest absolute Gasteiger partial charge is 0.0453 e. The molecule has 1 aromatic carbocycles. The van der Waals surface area contributed by atoms with Crippen LogP contribution in [0.5, 0.6) is 0 Å². The van der Waals surface area contributed by atoms with Crippen molar-refractivity contribution in [1.29, 1.82) is 0 Å². The van der Waals surface area contributed by atoms with Crippen molar-refractivity contribution >= 4 is 23.2 Å². The number of halogens is 2. The molecule has 0 aliphatic heterocycles. The molecule has 16 heavy (non-hydrogen) atoms. The molecule has 1 aliphatic carbocycles. The summed E-state index contributed by atoms with van der Waals surface area (Å²) < 4.78 is 0. The summed E-state index contributed by atoms with van der Waals surface area (Å²) in [6, 6.07) is 5.87. The molecule has 1 fully saturated rings. The lowest BCUT2D eigenvalue weighted by molar-refractivity contribution is 0.466. The molecule has 1 aliphatic rings. The maximum absolute atomic E-state index is 6.13. The van der Waals surface area contributed by atoms with Gasteiger partial charge in [-0.15, -0.1) is 0 Å². The molecule has 1 aromatic rings. The molecular weight excluding hydrogens is 243 g/mol. The molecule has 2 rings (SSSR count). The minimum Gasteiger partial charge on any atom is -0.271 e. The first-order chi connectivity index (χ1) is 7.70. The van der Waals surface area contributed by atoms with E-state index >= 15 is 0 Å². The highest BCUT2D eigenvalue weighted by atomic mass is 35.5. The van der Waals surface area contributed by atoms with Gasteiger partial charge in [0, 0.05) is 16.1 Å². The molecule has 88 valence electrons. The van der Waals surface area contributed by atoms with Crippen LogP contribution in [0, 0.1) is 5.92 Å². The van der Waals surface area contributed by atoms with Gasteiger partial charge in [0.1, 0.15) is 0 Å². The summed E-state index contributed by atoms with van der Waals surface area (Å²) in [6.45, 7) is 0. The zero-order valence-electron chi connectivity index (χ0n) is 9.05. The van der Waals surface area contributed by atoms with E-state index in [1.807, 2.05) is 18.2 Å². The lowest BCUT2D eigenvalue weighted by Crippen LogP contribution is -2.37. The number of hydrogen-bond acceptors (Lipinski definition) is 2. The summed E-state index contributed by atoms with van der Waals surface area (Å²) in [6.07, 6.45) is 4.56. The fourth-order valence-electron chi connectivity index (χ4n) is 1.94. The third-order valence-corrected chi connectivity index (χ3v) is 3.77. The lowest BCUT2D eigenvalue weighted by atomic mass is 10.0. The van der Waals surface area contributed by atoms with E-state index in [-0.39, 0.29) is 6.04 Å². The molecule has 1 unspecified atom stereocenters. The minimum absolute atomic E-state index is 0.268. The quantitative estimate of drug-likeness (QED) is 0.629. The molecule has 0 spiro atoms. The van der Waals surface area contributed by atoms with E-state index in [9.17, 15) is 0 Å². The van der Waals surface area contributed by atoms with Crippen LogP contribution in [0.25, 0.3) is 0 Å². The van der Waals surface area contributed by atoms with Gasteiger partial charge in [-0.25, -0.2) is 0 Å². The van der Waals surface area contributed by atoms with Crippen molar-refractivity contribution in [3.63, 3.8) is 0 Å². The summed E-state index contributed by atoms with van der Waals surface area (Å²) in [4.78, 5) is 0. The van der Waals surface area contributed by atoms with Crippen molar-refractivity contribution in [3.8, 4) is 0 Å². The van der Waals surface area contributed by atoms with E-state index < -0.39 is 0 Å². The third kappa shape index (κ3) is 3.11. The molecule has 0 saturated heterocycles. The lowest BCUT2D eigenvalue weighted by Gasteiger charge is -2.17. The first kappa shape index (κ1) is 12.2. The van der Waals surface area contributed by atoms with Crippen molar-refractivity contribution in [2.24, 2.45) is 11.8 Å². The predicted molar refractivity (Wildman–Crippen MR) is 68.6 cm³/mol. The number of rotatable bonds is 5. The normalized spacial score (nSPS) is 17.4. The van der Waals surface area contributed by atoms with Gasteiger partial charge >= 0.3 is 0 Å². The molecular formula is C12H16Cl2N2. The second-order valence-corrected chi connectivity index (χ2v) is 5.26. The van der Waals surface area contributed by atoms with E-state index in [0.29, 0.717) is 0 Å². The topological polar surface area (TPSA) is 38.0 Å². The SMILES string of the molecule is NNC(Cc1c(Cl)cccc1Cl)CC1CC1. The highest BCUT2D eigenvalue weighted by Crippen LogP contribution is 2.35. The molecule has 0 bridgehead atoms. The van der Waals surface area contributed by atoms with Crippen molar-refractivity contribution in [2.75, 3.05) is 0 Å². The first-order valence-electron chi connectivity index (χ1n) is 5.59.